The predicted molar refractivity (Wildman–Crippen MR) is 124 cm³/mol. The minimum Gasteiger partial charge on any atom is -0.493 e. The van der Waals surface area contributed by atoms with E-state index in [2.05, 4.69) is 11.6 Å². The van der Waals surface area contributed by atoms with Crippen LogP contribution in [0.4, 0.5) is 0 Å². The van der Waals surface area contributed by atoms with Crippen LogP contribution in [0, 0.1) is 0 Å². The number of methoxy groups -OCH3 is 1. The van der Waals surface area contributed by atoms with E-state index in [1.54, 1.807) is 26.1 Å². The van der Waals surface area contributed by atoms with Crippen molar-refractivity contribution in [3.8, 4) is 11.5 Å². The third-order valence-corrected chi connectivity index (χ3v) is 5.93. The number of likely N-dealkylation sites (N-methyl/N-ethyl adjacent to an activating group) is 1. The van der Waals surface area contributed by atoms with Crippen molar-refractivity contribution in [3.63, 3.8) is 0 Å². The Hall–Kier alpha value is -2.70. The Morgan fingerprint density at radius 3 is 2.60 bits per heavy atom. The molecule has 1 saturated heterocycles. The molecule has 0 radical (unpaired) electrons. The Kier molecular flexibility index (Phi) is 7.24. The first-order chi connectivity index (χ1) is 14.5. The number of halogens is 1. The van der Waals surface area contributed by atoms with Gasteiger partial charge in [-0.15, -0.1) is 6.58 Å². The number of amides is 1. The smallest absolute Gasteiger partial charge is 0.266 e. The third kappa shape index (κ3) is 4.89. The van der Waals surface area contributed by atoms with E-state index in [1.165, 1.54) is 11.8 Å². The number of amidine groups is 1. The van der Waals surface area contributed by atoms with Gasteiger partial charge in [-0.2, -0.15) is 0 Å². The maximum Gasteiger partial charge on any atom is 0.266 e. The quantitative estimate of drug-likeness (QED) is 0.437. The molecule has 1 heterocycles. The van der Waals surface area contributed by atoms with E-state index in [4.69, 9.17) is 21.1 Å². The summed E-state index contributed by atoms with van der Waals surface area (Å²) < 4.78 is 11.7. The van der Waals surface area contributed by atoms with Crippen molar-refractivity contribution in [2.75, 3.05) is 21.2 Å². The van der Waals surface area contributed by atoms with E-state index < -0.39 is 0 Å². The molecule has 156 valence electrons. The average Bonchev–Trinajstić information content (AvgIpc) is 3.02. The standard InChI is InChI=1S/C23H23ClN2O3S/c1-5-6-17-11-16(13-20-22(27)26(3)23(25-2)30-20)12-19(28-4)21(17)29-14-15-7-9-18(24)10-8-15/h5,7-13H,1,6,14H2,2-4H3/b20-13+,25-23?. The predicted octanol–water partition coefficient (Wildman–Crippen LogP) is 5.19. The minimum absolute atomic E-state index is 0.0760. The van der Waals surface area contributed by atoms with Crippen LogP contribution in [0.5, 0.6) is 11.5 Å². The molecule has 3 rings (SSSR count). The number of rotatable bonds is 7. The minimum atomic E-state index is -0.0760. The molecule has 0 unspecified atom stereocenters. The first-order valence-corrected chi connectivity index (χ1v) is 10.5. The number of thioether (sulfide) groups is 1. The highest BCUT2D eigenvalue weighted by Crippen LogP contribution is 2.37. The Balaban J connectivity index is 1.93. The summed E-state index contributed by atoms with van der Waals surface area (Å²) in [6.45, 7) is 4.23. The molecule has 0 spiro atoms. The lowest BCUT2D eigenvalue weighted by Crippen LogP contribution is -2.23. The summed E-state index contributed by atoms with van der Waals surface area (Å²) in [7, 11) is 4.99. The van der Waals surface area contributed by atoms with Crippen LogP contribution < -0.4 is 9.47 Å². The topological polar surface area (TPSA) is 51.1 Å². The number of benzene rings is 2. The van der Waals surface area contributed by atoms with Gasteiger partial charge in [-0.1, -0.05) is 29.8 Å². The maximum absolute atomic E-state index is 12.5. The summed E-state index contributed by atoms with van der Waals surface area (Å²) in [5.74, 6) is 1.18. The monoisotopic (exact) mass is 442 g/mol. The van der Waals surface area contributed by atoms with Crippen molar-refractivity contribution in [1.82, 2.24) is 4.90 Å². The lowest BCUT2D eigenvalue weighted by atomic mass is 10.0. The largest absolute Gasteiger partial charge is 0.493 e. The lowest BCUT2D eigenvalue weighted by Gasteiger charge is -2.16. The van der Waals surface area contributed by atoms with E-state index in [9.17, 15) is 4.79 Å². The second-order valence-electron chi connectivity index (χ2n) is 6.60. The van der Waals surface area contributed by atoms with Crippen LogP contribution in [0.15, 0.2) is 59.0 Å². The molecular formula is C23H23ClN2O3S. The molecule has 2 aromatic rings. The van der Waals surface area contributed by atoms with Gasteiger partial charge in [0.1, 0.15) is 6.61 Å². The van der Waals surface area contributed by atoms with Gasteiger partial charge in [0.2, 0.25) is 0 Å². The van der Waals surface area contributed by atoms with E-state index in [0.717, 1.165) is 16.7 Å². The molecule has 1 aliphatic rings. The molecular weight excluding hydrogens is 420 g/mol. The first-order valence-electron chi connectivity index (χ1n) is 9.30. The number of ether oxygens (including phenoxy) is 2. The Morgan fingerprint density at radius 2 is 2.00 bits per heavy atom. The molecule has 0 aromatic heterocycles. The van der Waals surface area contributed by atoms with Gasteiger partial charge >= 0.3 is 0 Å². The van der Waals surface area contributed by atoms with Crippen molar-refractivity contribution in [2.45, 2.75) is 13.0 Å². The molecule has 0 saturated carbocycles. The summed E-state index contributed by atoms with van der Waals surface area (Å²) in [6, 6.07) is 11.4. The maximum atomic E-state index is 12.5. The molecule has 7 heteroatoms. The van der Waals surface area contributed by atoms with Crippen molar-refractivity contribution < 1.29 is 14.3 Å². The molecule has 5 nitrogen and oxygen atoms in total. The van der Waals surface area contributed by atoms with Gasteiger partial charge in [-0.25, -0.2) is 0 Å². The highest BCUT2D eigenvalue weighted by molar-refractivity contribution is 8.18. The van der Waals surface area contributed by atoms with Gasteiger partial charge in [0.05, 0.1) is 12.0 Å². The Bertz CT molecular complexity index is 1020. The number of hydrogen-bond donors (Lipinski definition) is 0. The van der Waals surface area contributed by atoms with Crippen LogP contribution >= 0.6 is 23.4 Å². The normalized spacial score (nSPS) is 16.4. The summed E-state index contributed by atoms with van der Waals surface area (Å²) in [4.78, 5) is 18.8. The zero-order valence-electron chi connectivity index (χ0n) is 17.1. The highest BCUT2D eigenvalue weighted by Gasteiger charge is 2.29. The lowest BCUT2D eigenvalue weighted by molar-refractivity contribution is -0.121. The van der Waals surface area contributed by atoms with Gasteiger partial charge in [-0.3, -0.25) is 14.7 Å². The molecule has 2 aromatic carbocycles. The summed E-state index contributed by atoms with van der Waals surface area (Å²) >= 11 is 7.31. The van der Waals surface area contributed by atoms with Crippen LogP contribution in [0.25, 0.3) is 6.08 Å². The molecule has 0 atom stereocenters. The molecule has 30 heavy (non-hydrogen) atoms. The van der Waals surface area contributed by atoms with E-state index in [1.807, 2.05) is 48.6 Å². The van der Waals surface area contributed by atoms with E-state index in [0.29, 0.717) is 39.6 Å². The van der Waals surface area contributed by atoms with Crippen molar-refractivity contribution in [2.24, 2.45) is 4.99 Å². The van der Waals surface area contributed by atoms with Crippen LogP contribution in [0.3, 0.4) is 0 Å². The molecule has 1 aliphatic heterocycles. The molecule has 1 fully saturated rings. The molecule has 0 bridgehead atoms. The Labute approximate surface area is 186 Å². The number of allylic oxidation sites excluding steroid dienone is 1. The second kappa shape index (κ2) is 9.87. The number of carbonyl (C=O) groups is 1. The molecule has 0 aliphatic carbocycles. The fourth-order valence-corrected chi connectivity index (χ4v) is 4.08. The Morgan fingerprint density at radius 1 is 1.27 bits per heavy atom. The number of nitrogens with zero attached hydrogens (tertiary/aromatic N) is 2. The first kappa shape index (κ1) is 22.0. The van der Waals surface area contributed by atoms with Crippen LogP contribution in [-0.4, -0.2) is 37.2 Å². The van der Waals surface area contributed by atoms with Crippen molar-refractivity contribution in [3.05, 3.63) is 75.7 Å². The highest BCUT2D eigenvalue weighted by atomic mass is 35.5. The van der Waals surface area contributed by atoms with Gasteiger partial charge in [-0.05, 0) is 59.7 Å². The summed E-state index contributed by atoms with van der Waals surface area (Å²) in [5, 5.41) is 1.36. The fraction of sp³-hybridized carbons (Fsp3) is 0.217. The van der Waals surface area contributed by atoms with Gasteiger partial charge < -0.3 is 9.47 Å². The summed E-state index contributed by atoms with van der Waals surface area (Å²) in [5.41, 5.74) is 2.78. The van der Waals surface area contributed by atoms with Crippen LogP contribution in [-0.2, 0) is 17.8 Å². The van der Waals surface area contributed by atoms with Gasteiger partial charge in [0.25, 0.3) is 5.91 Å². The number of hydrogen-bond acceptors (Lipinski definition) is 5. The van der Waals surface area contributed by atoms with Crippen LogP contribution in [0.2, 0.25) is 5.02 Å². The average molecular weight is 443 g/mol. The summed E-state index contributed by atoms with van der Waals surface area (Å²) in [6.07, 6.45) is 4.26. The molecule has 0 N–H and O–H groups in total. The number of aliphatic imine (C=N–C) groups is 1. The fourth-order valence-electron chi connectivity index (χ4n) is 3.03. The van der Waals surface area contributed by atoms with Crippen LogP contribution in [0.1, 0.15) is 16.7 Å². The van der Waals surface area contributed by atoms with Crippen molar-refractivity contribution in [1.29, 1.82) is 0 Å². The zero-order chi connectivity index (χ0) is 21.7. The van der Waals surface area contributed by atoms with Gasteiger partial charge in [0.15, 0.2) is 16.7 Å². The zero-order valence-corrected chi connectivity index (χ0v) is 18.7. The SMILES string of the molecule is C=CCc1cc(/C=C2/SC(=NC)N(C)C2=O)cc(OC)c1OCc1ccc(Cl)cc1. The molecule has 1 amide bonds. The van der Waals surface area contributed by atoms with Crippen molar-refractivity contribution >= 4 is 40.5 Å². The van der Waals surface area contributed by atoms with Gasteiger partial charge in [0, 0.05) is 24.7 Å². The second-order valence-corrected chi connectivity index (χ2v) is 8.05. The third-order valence-electron chi connectivity index (χ3n) is 4.53. The number of carbonyl (C=O) groups excluding carboxylic acids is 1. The van der Waals surface area contributed by atoms with E-state index in [-0.39, 0.29) is 5.91 Å². The van der Waals surface area contributed by atoms with E-state index >= 15 is 0 Å².